The third kappa shape index (κ3) is 5.78. The van der Waals surface area contributed by atoms with Crippen molar-refractivity contribution in [2.45, 2.75) is 77.7 Å². The van der Waals surface area contributed by atoms with Crippen LogP contribution in [0.3, 0.4) is 0 Å². The molecule has 7 nitrogen and oxygen atoms in total. The monoisotopic (exact) mass is 517 g/mol. The molecule has 202 valence electrons. The van der Waals surface area contributed by atoms with E-state index in [0.29, 0.717) is 38.6 Å². The fourth-order valence-electron chi connectivity index (χ4n) is 5.85. The zero-order valence-corrected chi connectivity index (χ0v) is 22.7. The van der Waals surface area contributed by atoms with E-state index in [4.69, 9.17) is 14.6 Å². The van der Waals surface area contributed by atoms with Gasteiger partial charge in [0, 0.05) is 31.1 Å². The number of fused-ring (bicyclic) bond motifs is 1. The number of anilines is 2. The second-order valence-electron chi connectivity index (χ2n) is 10.6. The van der Waals surface area contributed by atoms with Gasteiger partial charge in [-0.25, -0.2) is 9.80 Å². The molecule has 1 saturated carbocycles. The van der Waals surface area contributed by atoms with Crippen LogP contribution in [0, 0.1) is 12.8 Å². The van der Waals surface area contributed by atoms with E-state index >= 15 is 0 Å². The van der Waals surface area contributed by atoms with Gasteiger partial charge in [-0.15, -0.1) is 0 Å². The van der Waals surface area contributed by atoms with Crippen LogP contribution in [0.2, 0.25) is 0 Å². The van der Waals surface area contributed by atoms with Gasteiger partial charge in [-0.2, -0.15) is 5.10 Å². The lowest BCUT2D eigenvalue weighted by Crippen LogP contribution is -2.45. The van der Waals surface area contributed by atoms with Gasteiger partial charge in [-0.05, 0) is 75.3 Å². The topological polar surface area (TPSA) is 71.4 Å². The first kappa shape index (κ1) is 26.4. The molecule has 0 unspecified atom stereocenters. The Labute approximate surface area is 225 Å². The van der Waals surface area contributed by atoms with E-state index < -0.39 is 0 Å². The van der Waals surface area contributed by atoms with Gasteiger partial charge >= 0.3 is 12.0 Å². The second kappa shape index (κ2) is 12.1. The van der Waals surface area contributed by atoms with Crippen LogP contribution in [0.25, 0.3) is 0 Å². The third-order valence-corrected chi connectivity index (χ3v) is 7.92. The van der Waals surface area contributed by atoms with E-state index in [-0.39, 0.29) is 18.0 Å². The lowest BCUT2D eigenvalue weighted by Gasteiger charge is -2.33. The predicted octanol–water partition coefficient (Wildman–Crippen LogP) is 6.53. The summed E-state index contributed by atoms with van der Waals surface area (Å²) in [6.07, 6.45) is 8.39. The summed E-state index contributed by atoms with van der Waals surface area (Å²) in [5.41, 5.74) is 5.95. The van der Waals surface area contributed by atoms with Crippen molar-refractivity contribution in [1.29, 1.82) is 0 Å². The molecule has 0 atom stereocenters. The molecule has 0 aromatic heterocycles. The minimum Gasteiger partial charge on any atom is -0.466 e. The van der Waals surface area contributed by atoms with Crippen LogP contribution >= 0.6 is 0 Å². The van der Waals surface area contributed by atoms with E-state index in [1.807, 2.05) is 36.1 Å². The standard InChI is InChI=1S/C31H39N3O4/c1-3-38-29(35)16-12-23-10-13-25(14-11-23)33-28-21-22(2)9-15-27(28)30(24-7-5-4-6-8-24)32-34(31(33)36)26-17-19-37-20-18-26/h9-11,13-15,21,24,26H,3-8,12,16-20H2,1-2H3. The molecule has 1 saturated heterocycles. The van der Waals surface area contributed by atoms with Crippen molar-refractivity contribution in [3.63, 3.8) is 0 Å². The number of rotatable bonds is 7. The van der Waals surface area contributed by atoms with Gasteiger partial charge in [0.2, 0.25) is 0 Å². The minimum atomic E-state index is -0.192. The Morgan fingerprint density at radius 2 is 1.76 bits per heavy atom. The SMILES string of the molecule is CCOC(=O)CCc1ccc(N2C(=O)N(C3CCOCC3)N=C(C3CCCCC3)c3ccc(C)cc32)cc1. The van der Waals surface area contributed by atoms with Crippen LogP contribution in [0.15, 0.2) is 47.6 Å². The molecule has 0 bridgehead atoms. The number of ether oxygens (including phenoxy) is 2. The van der Waals surface area contributed by atoms with Crippen molar-refractivity contribution >= 4 is 29.1 Å². The summed E-state index contributed by atoms with van der Waals surface area (Å²) < 4.78 is 10.7. The maximum atomic E-state index is 14.4. The smallest absolute Gasteiger partial charge is 0.349 e. The third-order valence-electron chi connectivity index (χ3n) is 7.92. The van der Waals surface area contributed by atoms with Gasteiger partial charge in [0.1, 0.15) is 0 Å². The van der Waals surface area contributed by atoms with Gasteiger partial charge in [0.15, 0.2) is 0 Å². The molecule has 38 heavy (non-hydrogen) atoms. The van der Waals surface area contributed by atoms with E-state index in [9.17, 15) is 9.59 Å². The molecule has 0 spiro atoms. The fraction of sp³-hybridized carbons (Fsp3) is 0.516. The van der Waals surface area contributed by atoms with E-state index in [1.165, 1.54) is 19.3 Å². The largest absolute Gasteiger partial charge is 0.466 e. The van der Waals surface area contributed by atoms with Crippen LogP contribution < -0.4 is 4.90 Å². The van der Waals surface area contributed by atoms with E-state index in [1.54, 1.807) is 5.01 Å². The molecular formula is C31H39N3O4. The molecule has 3 aliphatic rings. The summed E-state index contributed by atoms with van der Waals surface area (Å²) in [5.74, 6) is 0.161. The summed E-state index contributed by atoms with van der Waals surface area (Å²) in [7, 11) is 0. The number of nitrogens with zero attached hydrogens (tertiary/aromatic N) is 3. The molecule has 2 aromatic carbocycles. The first-order chi connectivity index (χ1) is 18.5. The van der Waals surface area contributed by atoms with Crippen molar-refractivity contribution in [2.24, 2.45) is 11.0 Å². The number of carbonyl (C=O) groups is 2. The summed E-state index contributed by atoms with van der Waals surface area (Å²) in [6, 6.07) is 14.3. The maximum Gasteiger partial charge on any atom is 0.349 e. The van der Waals surface area contributed by atoms with Crippen LogP contribution in [0.5, 0.6) is 0 Å². The summed E-state index contributed by atoms with van der Waals surface area (Å²) in [4.78, 5) is 28.0. The zero-order valence-electron chi connectivity index (χ0n) is 22.7. The Bertz CT molecular complexity index is 1160. The molecule has 2 amide bonds. The number of benzene rings is 2. The van der Waals surface area contributed by atoms with Crippen molar-refractivity contribution in [3.05, 3.63) is 59.2 Å². The fourth-order valence-corrected chi connectivity index (χ4v) is 5.85. The zero-order chi connectivity index (χ0) is 26.5. The number of hydrogen-bond donors (Lipinski definition) is 0. The first-order valence-electron chi connectivity index (χ1n) is 14.2. The Balaban J connectivity index is 1.53. The molecule has 2 aromatic rings. The summed E-state index contributed by atoms with van der Waals surface area (Å²) >= 11 is 0. The number of hydrogen-bond acceptors (Lipinski definition) is 5. The molecule has 5 rings (SSSR count). The average molecular weight is 518 g/mol. The van der Waals surface area contributed by atoms with Crippen LogP contribution in [0.4, 0.5) is 16.2 Å². The molecule has 2 heterocycles. The number of hydrazone groups is 1. The second-order valence-corrected chi connectivity index (χ2v) is 10.6. The van der Waals surface area contributed by atoms with Gasteiger partial charge in [-0.1, -0.05) is 43.5 Å². The summed E-state index contributed by atoms with van der Waals surface area (Å²) in [6.45, 7) is 5.56. The Hall–Kier alpha value is -3.19. The predicted molar refractivity (Wildman–Crippen MR) is 149 cm³/mol. The Kier molecular flexibility index (Phi) is 8.42. The molecule has 2 aliphatic heterocycles. The van der Waals surface area contributed by atoms with Gasteiger partial charge in [-0.3, -0.25) is 9.69 Å². The molecule has 1 aliphatic carbocycles. The highest BCUT2D eigenvalue weighted by Crippen LogP contribution is 2.39. The van der Waals surface area contributed by atoms with E-state index in [2.05, 4.69) is 25.1 Å². The molecular weight excluding hydrogens is 478 g/mol. The highest BCUT2D eigenvalue weighted by Gasteiger charge is 2.37. The number of urea groups is 1. The molecule has 0 N–H and O–H groups in total. The summed E-state index contributed by atoms with van der Waals surface area (Å²) in [5, 5.41) is 6.95. The van der Waals surface area contributed by atoms with Crippen molar-refractivity contribution in [3.8, 4) is 0 Å². The van der Waals surface area contributed by atoms with Crippen molar-refractivity contribution in [2.75, 3.05) is 24.7 Å². The van der Waals surface area contributed by atoms with E-state index in [0.717, 1.165) is 59.5 Å². The average Bonchev–Trinajstić information content (AvgIpc) is 3.07. The lowest BCUT2D eigenvalue weighted by molar-refractivity contribution is -0.143. The Morgan fingerprint density at radius 3 is 2.47 bits per heavy atom. The van der Waals surface area contributed by atoms with Gasteiger partial charge in [0.05, 0.1) is 29.7 Å². The van der Waals surface area contributed by atoms with Crippen molar-refractivity contribution in [1.82, 2.24) is 5.01 Å². The molecule has 2 fully saturated rings. The van der Waals surface area contributed by atoms with Gasteiger partial charge < -0.3 is 9.47 Å². The number of carbonyl (C=O) groups excluding carboxylic acids is 2. The van der Waals surface area contributed by atoms with Crippen LogP contribution in [0.1, 0.15) is 75.0 Å². The molecule has 0 radical (unpaired) electrons. The van der Waals surface area contributed by atoms with Gasteiger partial charge in [0.25, 0.3) is 0 Å². The number of aryl methyl sites for hydroxylation is 2. The maximum absolute atomic E-state index is 14.4. The molecule has 7 heteroatoms. The Morgan fingerprint density at radius 1 is 1.03 bits per heavy atom. The minimum absolute atomic E-state index is 0.0107. The highest BCUT2D eigenvalue weighted by atomic mass is 16.5. The number of esters is 1. The normalized spacial score (nSPS) is 19.1. The van der Waals surface area contributed by atoms with Crippen molar-refractivity contribution < 1.29 is 19.1 Å². The van der Waals surface area contributed by atoms with Crippen LogP contribution in [-0.4, -0.2) is 48.6 Å². The lowest BCUT2D eigenvalue weighted by atomic mass is 9.82. The van der Waals surface area contributed by atoms with Crippen LogP contribution in [-0.2, 0) is 20.7 Å². The number of amides is 2. The highest BCUT2D eigenvalue weighted by molar-refractivity contribution is 6.14. The quantitative estimate of drug-likeness (QED) is 0.392. The first-order valence-corrected chi connectivity index (χ1v) is 14.2.